The summed E-state index contributed by atoms with van der Waals surface area (Å²) in [5.41, 5.74) is 1.60. The number of hydrogen-bond acceptors (Lipinski definition) is 6. The Balaban J connectivity index is 2.22. The molecule has 150 valence electrons. The predicted molar refractivity (Wildman–Crippen MR) is 107 cm³/mol. The predicted octanol–water partition coefficient (Wildman–Crippen LogP) is 3.45. The highest BCUT2D eigenvalue weighted by molar-refractivity contribution is 6.31. The molecule has 0 atom stereocenters. The number of benzene rings is 2. The Hall–Kier alpha value is -3.13. The van der Waals surface area contributed by atoms with Crippen LogP contribution in [0.3, 0.4) is 0 Å². The second-order valence-electron chi connectivity index (χ2n) is 5.75. The van der Waals surface area contributed by atoms with Crippen molar-refractivity contribution in [3.63, 3.8) is 0 Å². The summed E-state index contributed by atoms with van der Waals surface area (Å²) in [6.07, 6.45) is 0.349. The molecule has 2 aromatic carbocycles. The zero-order valence-corrected chi connectivity index (χ0v) is 16.4. The highest BCUT2D eigenvalue weighted by Crippen LogP contribution is 2.34. The Kier molecular flexibility index (Phi) is 6.94. The summed E-state index contributed by atoms with van der Waals surface area (Å²) in [5.74, 6) is -1.52. The van der Waals surface area contributed by atoms with Crippen LogP contribution < -0.4 is 20.1 Å². The molecule has 0 saturated heterocycles. The fourth-order valence-corrected chi connectivity index (χ4v) is 2.94. The van der Waals surface area contributed by atoms with Crippen molar-refractivity contribution in [1.82, 2.24) is 0 Å². The fourth-order valence-electron chi connectivity index (χ4n) is 2.68. The van der Waals surface area contributed by atoms with Crippen molar-refractivity contribution < 1.29 is 29.3 Å². The standard InChI is InChI=1S/C19H21ClN2O6/c1-21-14-8-13(20)10(6-11(14)18(23)24)4-5-28-17-9-15(22-2)12(19(25)26)7-16(17)27-3/h6-9,21-22H,4-5H2,1-3H3,(H,23,24)(H,25,26). The first-order valence-electron chi connectivity index (χ1n) is 8.31. The van der Waals surface area contributed by atoms with Gasteiger partial charge in [0.25, 0.3) is 0 Å². The largest absolute Gasteiger partial charge is 0.493 e. The lowest BCUT2D eigenvalue weighted by atomic mass is 10.1. The van der Waals surface area contributed by atoms with Crippen molar-refractivity contribution in [3.8, 4) is 11.5 Å². The maximum atomic E-state index is 11.4. The van der Waals surface area contributed by atoms with Crippen molar-refractivity contribution >= 4 is 34.9 Å². The Morgan fingerprint density at radius 3 is 2.07 bits per heavy atom. The number of ether oxygens (including phenoxy) is 2. The van der Waals surface area contributed by atoms with Gasteiger partial charge in [0.05, 0.1) is 30.5 Å². The van der Waals surface area contributed by atoms with Crippen LogP contribution in [0.15, 0.2) is 24.3 Å². The van der Waals surface area contributed by atoms with Gasteiger partial charge in [0.15, 0.2) is 11.5 Å². The number of methoxy groups -OCH3 is 1. The lowest BCUT2D eigenvalue weighted by Gasteiger charge is -2.15. The second-order valence-corrected chi connectivity index (χ2v) is 6.15. The van der Waals surface area contributed by atoms with Crippen molar-refractivity contribution in [2.75, 3.05) is 38.4 Å². The van der Waals surface area contributed by atoms with Crippen molar-refractivity contribution in [1.29, 1.82) is 0 Å². The van der Waals surface area contributed by atoms with Gasteiger partial charge in [-0.3, -0.25) is 0 Å². The smallest absolute Gasteiger partial charge is 0.337 e. The zero-order chi connectivity index (χ0) is 20.8. The highest BCUT2D eigenvalue weighted by Gasteiger charge is 2.17. The SMILES string of the molecule is CNc1cc(Cl)c(CCOc2cc(NC)c(C(=O)O)cc2OC)cc1C(=O)O. The van der Waals surface area contributed by atoms with Crippen LogP contribution in [-0.2, 0) is 6.42 Å². The van der Waals surface area contributed by atoms with E-state index in [9.17, 15) is 19.8 Å². The normalized spacial score (nSPS) is 10.3. The van der Waals surface area contributed by atoms with Crippen LogP contribution in [0.4, 0.5) is 11.4 Å². The van der Waals surface area contributed by atoms with Crippen LogP contribution in [0.5, 0.6) is 11.5 Å². The van der Waals surface area contributed by atoms with Crippen LogP contribution in [0, 0.1) is 0 Å². The number of aromatic carboxylic acids is 2. The maximum absolute atomic E-state index is 11.4. The van der Waals surface area contributed by atoms with Crippen molar-refractivity contribution in [2.24, 2.45) is 0 Å². The summed E-state index contributed by atoms with van der Waals surface area (Å²) >= 11 is 6.24. The molecular weight excluding hydrogens is 388 g/mol. The molecule has 0 aliphatic carbocycles. The Morgan fingerprint density at radius 2 is 1.54 bits per heavy atom. The first-order chi connectivity index (χ1) is 13.3. The number of nitrogens with one attached hydrogen (secondary N) is 2. The molecule has 2 aromatic rings. The van der Waals surface area contributed by atoms with E-state index in [2.05, 4.69) is 10.6 Å². The molecule has 8 nitrogen and oxygen atoms in total. The molecule has 0 bridgehead atoms. The summed E-state index contributed by atoms with van der Waals surface area (Å²) in [6.45, 7) is 0.184. The van der Waals surface area contributed by atoms with E-state index < -0.39 is 11.9 Å². The maximum Gasteiger partial charge on any atom is 0.337 e. The molecule has 0 unspecified atom stereocenters. The van der Waals surface area contributed by atoms with Crippen LogP contribution in [-0.4, -0.2) is 50.0 Å². The van der Waals surface area contributed by atoms with Gasteiger partial charge in [-0.2, -0.15) is 0 Å². The van der Waals surface area contributed by atoms with Gasteiger partial charge in [0.2, 0.25) is 0 Å². The van der Waals surface area contributed by atoms with Gasteiger partial charge in [-0.05, 0) is 17.7 Å². The summed E-state index contributed by atoms with van der Waals surface area (Å²) in [4.78, 5) is 22.7. The van der Waals surface area contributed by atoms with E-state index in [1.54, 1.807) is 20.2 Å². The van der Waals surface area contributed by atoms with E-state index >= 15 is 0 Å². The first kappa shape index (κ1) is 21.2. The van der Waals surface area contributed by atoms with Gasteiger partial charge >= 0.3 is 11.9 Å². The van der Waals surface area contributed by atoms with Gasteiger partial charge in [-0.15, -0.1) is 0 Å². The minimum absolute atomic E-state index is 0.0588. The Labute approximate surface area is 167 Å². The molecule has 0 amide bonds. The third-order valence-corrected chi connectivity index (χ3v) is 4.47. The molecule has 0 saturated carbocycles. The van der Waals surface area contributed by atoms with E-state index in [0.717, 1.165) is 0 Å². The number of rotatable bonds is 9. The third kappa shape index (κ3) is 4.58. The topological polar surface area (TPSA) is 117 Å². The quantitative estimate of drug-likeness (QED) is 0.498. The fraction of sp³-hybridized carbons (Fsp3) is 0.263. The molecule has 0 aliphatic heterocycles. The number of carboxylic acid groups (broad SMARTS) is 2. The molecule has 0 fully saturated rings. The summed E-state index contributed by atoms with van der Waals surface area (Å²) in [6, 6.07) is 5.97. The van der Waals surface area contributed by atoms with Crippen LogP contribution in [0.25, 0.3) is 0 Å². The molecule has 0 aromatic heterocycles. The Bertz CT molecular complexity index is 900. The average Bonchev–Trinajstić information content (AvgIpc) is 2.67. The minimum atomic E-state index is -1.09. The number of halogens is 1. The molecule has 0 radical (unpaired) electrons. The lowest BCUT2D eigenvalue weighted by Crippen LogP contribution is -2.09. The average molecular weight is 409 g/mol. The molecule has 28 heavy (non-hydrogen) atoms. The van der Waals surface area contributed by atoms with Crippen molar-refractivity contribution in [3.05, 3.63) is 46.0 Å². The monoisotopic (exact) mass is 408 g/mol. The van der Waals surface area contributed by atoms with Gasteiger partial charge in [-0.25, -0.2) is 9.59 Å². The number of carbonyl (C=O) groups is 2. The minimum Gasteiger partial charge on any atom is -0.493 e. The lowest BCUT2D eigenvalue weighted by molar-refractivity contribution is 0.0686. The van der Waals surface area contributed by atoms with E-state index in [1.807, 2.05) is 0 Å². The molecule has 0 aliphatic rings. The van der Waals surface area contributed by atoms with Gasteiger partial charge in [0.1, 0.15) is 0 Å². The van der Waals surface area contributed by atoms with E-state index in [-0.39, 0.29) is 23.5 Å². The highest BCUT2D eigenvalue weighted by atomic mass is 35.5. The molecule has 4 N–H and O–H groups in total. The first-order valence-corrected chi connectivity index (χ1v) is 8.69. The number of hydrogen-bond donors (Lipinski definition) is 4. The Morgan fingerprint density at radius 1 is 0.964 bits per heavy atom. The van der Waals surface area contributed by atoms with Crippen LogP contribution in [0.1, 0.15) is 26.3 Å². The number of carboxylic acids is 2. The molecule has 9 heteroatoms. The number of anilines is 2. The van der Waals surface area contributed by atoms with Gasteiger partial charge in [-0.1, -0.05) is 11.6 Å². The summed E-state index contributed by atoms with van der Waals surface area (Å²) < 4.78 is 11.0. The molecule has 0 spiro atoms. The summed E-state index contributed by atoms with van der Waals surface area (Å²) in [5, 5.41) is 24.6. The van der Waals surface area contributed by atoms with Gasteiger partial charge < -0.3 is 30.3 Å². The van der Waals surface area contributed by atoms with E-state index in [0.29, 0.717) is 34.1 Å². The molecular formula is C19H21ClN2O6. The van der Waals surface area contributed by atoms with Crippen LogP contribution in [0.2, 0.25) is 5.02 Å². The van der Waals surface area contributed by atoms with Gasteiger partial charge in [0, 0.05) is 43.4 Å². The second kappa shape index (κ2) is 9.18. The summed E-state index contributed by atoms with van der Waals surface area (Å²) in [7, 11) is 4.64. The van der Waals surface area contributed by atoms with Crippen LogP contribution >= 0.6 is 11.6 Å². The van der Waals surface area contributed by atoms with E-state index in [4.69, 9.17) is 21.1 Å². The zero-order valence-electron chi connectivity index (χ0n) is 15.6. The molecule has 0 heterocycles. The van der Waals surface area contributed by atoms with E-state index in [1.165, 1.54) is 25.3 Å². The third-order valence-electron chi connectivity index (χ3n) is 4.12. The van der Waals surface area contributed by atoms with Crippen molar-refractivity contribution in [2.45, 2.75) is 6.42 Å². The molecule has 2 rings (SSSR count).